The molecular weight excluding hydrogens is 356 g/mol. The van der Waals surface area contributed by atoms with Gasteiger partial charge in [-0.3, -0.25) is 0 Å². The molecule has 0 aromatic carbocycles. The van der Waals surface area contributed by atoms with Crippen molar-refractivity contribution in [1.82, 2.24) is 0 Å². The third-order valence-corrected chi connectivity index (χ3v) is 11.4. The second-order valence-corrected chi connectivity index (χ2v) is 12.8. The van der Waals surface area contributed by atoms with Gasteiger partial charge in [0.05, 0.1) is 11.7 Å². The molecule has 0 heterocycles. The lowest BCUT2D eigenvalue weighted by Crippen LogP contribution is -2.56. The Morgan fingerprint density at radius 3 is 2.21 bits per heavy atom. The van der Waals surface area contributed by atoms with Gasteiger partial charge in [-0.2, -0.15) is 0 Å². The van der Waals surface area contributed by atoms with E-state index in [0.29, 0.717) is 28.6 Å². The van der Waals surface area contributed by atoms with Crippen LogP contribution in [0.5, 0.6) is 0 Å². The van der Waals surface area contributed by atoms with E-state index in [4.69, 9.17) is 0 Å². The van der Waals surface area contributed by atoms with Crippen LogP contribution in [0, 0.1) is 52.3 Å². The molecule has 0 saturated heterocycles. The summed E-state index contributed by atoms with van der Waals surface area (Å²) in [7, 11) is 0. The Hall–Kier alpha value is -0.0800. The SMILES string of the molecule is CC[C@]1(O)CC[C@@]2(C)[C@@H](CC[C@@H]3[C@@H]2CC[C@]2(C)[C@@H]([C@H](C)[C@@H](O)C(C)C)CC[C@@H]32)C1. The number of hydrogen-bond donors (Lipinski definition) is 2. The number of aliphatic hydroxyl groups is 2. The lowest BCUT2D eigenvalue weighted by Gasteiger charge is -2.62. The number of fused-ring (bicyclic) bond motifs is 5. The first kappa shape index (κ1) is 22.1. The number of aliphatic hydroxyl groups excluding tert-OH is 1. The molecule has 0 spiro atoms. The van der Waals surface area contributed by atoms with Crippen molar-refractivity contribution in [3.63, 3.8) is 0 Å². The van der Waals surface area contributed by atoms with E-state index in [9.17, 15) is 10.2 Å². The van der Waals surface area contributed by atoms with Crippen LogP contribution < -0.4 is 0 Å². The maximum atomic E-state index is 11.0. The summed E-state index contributed by atoms with van der Waals surface area (Å²) in [4.78, 5) is 0. The maximum absolute atomic E-state index is 11.0. The highest BCUT2D eigenvalue weighted by atomic mass is 16.3. The monoisotopic (exact) mass is 404 g/mol. The largest absolute Gasteiger partial charge is 0.393 e. The van der Waals surface area contributed by atoms with E-state index in [2.05, 4.69) is 41.5 Å². The van der Waals surface area contributed by atoms with Gasteiger partial charge in [-0.25, -0.2) is 0 Å². The molecular formula is C27H48O2. The molecule has 0 bridgehead atoms. The van der Waals surface area contributed by atoms with Gasteiger partial charge in [-0.15, -0.1) is 0 Å². The highest BCUT2D eigenvalue weighted by Gasteiger charge is 2.61. The Morgan fingerprint density at radius 2 is 1.55 bits per heavy atom. The van der Waals surface area contributed by atoms with Crippen LogP contribution in [0.25, 0.3) is 0 Å². The average Bonchev–Trinajstić information content (AvgIpc) is 3.04. The van der Waals surface area contributed by atoms with Crippen molar-refractivity contribution in [1.29, 1.82) is 0 Å². The predicted molar refractivity (Wildman–Crippen MR) is 120 cm³/mol. The Kier molecular flexibility index (Phi) is 5.73. The fraction of sp³-hybridized carbons (Fsp3) is 1.00. The van der Waals surface area contributed by atoms with Crippen LogP contribution in [0.4, 0.5) is 0 Å². The molecule has 0 unspecified atom stereocenters. The quantitative estimate of drug-likeness (QED) is 0.566. The van der Waals surface area contributed by atoms with Crippen molar-refractivity contribution in [2.24, 2.45) is 52.3 Å². The van der Waals surface area contributed by atoms with E-state index < -0.39 is 0 Å². The minimum Gasteiger partial charge on any atom is -0.393 e. The molecule has 2 heteroatoms. The van der Waals surface area contributed by atoms with Gasteiger partial charge >= 0.3 is 0 Å². The van der Waals surface area contributed by atoms with E-state index in [1.807, 2.05) is 0 Å². The van der Waals surface area contributed by atoms with Gasteiger partial charge in [0.25, 0.3) is 0 Å². The van der Waals surface area contributed by atoms with E-state index in [1.165, 1.54) is 44.9 Å². The summed E-state index contributed by atoms with van der Waals surface area (Å²) in [5.74, 6) is 4.80. The zero-order chi connectivity index (χ0) is 21.2. The molecule has 4 rings (SSSR count). The molecule has 0 aliphatic heterocycles. The fourth-order valence-corrected chi connectivity index (χ4v) is 9.39. The second kappa shape index (κ2) is 7.51. The highest BCUT2D eigenvalue weighted by molar-refractivity contribution is 5.11. The molecule has 4 aliphatic carbocycles. The smallest absolute Gasteiger partial charge is 0.0648 e. The van der Waals surface area contributed by atoms with Gasteiger partial charge in [-0.1, -0.05) is 41.5 Å². The van der Waals surface area contributed by atoms with Crippen LogP contribution in [0.15, 0.2) is 0 Å². The lowest BCUT2D eigenvalue weighted by molar-refractivity contribution is -0.154. The molecule has 4 aliphatic rings. The normalized spacial score (nSPS) is 51.8. The van der Waals surface area contributed by atoms with Crippen LogP contribution in [-0.2, 0) is 0 Å². The van der Waals surface area contributed by atoms with E-state index in [1.54, 1.807) is 0 Å². The molecule has 4 saturated carbocycles. The van der Waals surface area contributed by atoms with Crippen LogP contribution in [0.3, 0.4) is 0 Å². The average molecular weight is 405 g/mol. The fourth-order valence-electron chi connectivity index (χ4n) is 9.39. The first-order valence-electron chi connectivity index (χ1n) is 13.0. The van der Waals surface area contributed by atoms with Gasteiger partial charge in [0.15, 0.2) is 0 Å². The van der Waals surface area contributed by atoms with Crippen molar-refractivity contribution in [2.75, 3.05) is 0 Å². The summed E-state index contributed by atoms with van der Waals surface area (Å²) in [6.07, 6.45) is 12.2. The molecule has 29 heavy (non-hydrogen) atoms. The van der Waals surface area contributed by atoms with Gasteiger partial charge in [-0.05, 0) is 116 Å². The van der Waals surface area contributed by atoms with E-state index in [0.717, 1.165) is 42.9 Å². The molecule has 2 nitrogen and oxygen atoms in total. The highest BCUT2D eigenvalue weighted by Crippen LogP contribution is 2.69. The molecule has 0 aromatic rings. The van der Waals surface area contributed by atoms with Gasteiger partial charge in [0.2, 0.25) is 0 Å². The standard InChI is InChI=1S/C27H48O2/c1-7-27(29)15-14-25(5)19(16-27)8-9-20-22-11-10-21(18(4)24(28)17(2)3)26(22,6)13-12-23(20)25/h17-24,28-29H,7-16H2,1-6H3/t18-,19-,20-,21+,22-,23-,24-,25-,26+,27-/m0/s1. The van der Waals surface area contributed by atoms with Crippen molar-refractivity contribution >= 4 is 0 Å². The van der Waals surface area contributed by atoms with Crippen LogP contribution in [0.2, 0.25) is 0 Å². The summed E-state index contributed by atoms with van der Waals surface area (Å²) in [5.41, 5.74) is 0.492. The first-order chi connectivity index (χ1) is 13.6. The van der Waals surface area contributed by atoms with Crippen molar-refractivity contribution in [3.8, 4) is 0 Å². The van der Waals surface area contributed by atoms with E-state index >= 15 is 0 Å². The van der Waals surface area contributed by atoms with Crippen molar-refractivity contribution < 1.29 is 10.2 Å². The van der Waals surface area contributed by atoms with Crippen LogP contribution in [0.1, 0.15) is 106 Å². The first-order valence-corrected chi connectivity index (χ1v) is 13.0. The van der Waals surface area contributed by atoms with Crippen molar-refractivity contribution in [2.45, 2.75) is 117 Å². The molecule has 0 radical (unpaired) electrons. The Morgan fingerprint density at radius 1 is 0.862 bits per heavy atom. The van der Waals surface area contributed by atoms with Crippen LogP contribution in [-0.4, -0.2) is 21.9 Å². The third-order valence-electron chi connectivity index (χ3n) is 11.4. The Labute approximate surface area is 180 Å². The van der Waals surface area contributed by atoms with E-state index in [-0.39, 0.29) is 11.7 Å². The van der Waals surface area contributed by atoms with Crippen LogP contribution >= 0.6 is 0 Å². The molecule has 0 aromatic heterocycles. The topological polar surface area (TPSA) is 40.5 Å². The minimum atomic E-state index is -0.388. The van der Waals surface area contributed by atoms with Gasteiger partial charge in [0.1, 0.15) is 0 Å². The number of hydrogen-bond acceptors (Lipinski definition) is 2. The second-order valence-electron chi connectivity index (χ2n) is 12.8. The molecule has 10 atom stereocenters. The summed E-state index contributed by atoms with van der Waals surface area (Å²) >= 11 is 0. The van der Waals surface area contributed by atoms with Crippen molar-refractivity contribution in [3.05, 3.63) is 0 Å². The Bertz CT molecular complexity index is 601. The summed E-state index contributed by atoms with van der Waals surface area (Å²) in [6, 6.07) is 0. The molecule has 168 valence electrons. The molecule has 4 fully saturated rings. The molecule has 0 amide bonds. The lowest BCUT2D eigenvalue weighted by atomic mass is 9.43. The zero-order valence-electron chi connectivity index (χ0n) is 20.1. The number of rotatable bonds is 4. The summed E-state index contributed by atoms with van der Waals surface area (Å²) < 4.78 is 0. The zero-order valence-corrected chi connectivity index (χ0v) is 20.1. The summed E-state index contributed by atoms with van der Waals surface area (Å²) in [6.45, 7) is 14.1. The van der Waals surface area contributed by atoms with Gasteiger partial charge in [0, 0.05) is 0 Å². The predicted octanol–water partition coefficient (Wildman–Crippen LogP) is 6.44. The maximum Gasteiger partial charge on any atom is 0.0648 e. The summed E-state index contributed by atoms with van der Waals surface area (Å²) in [5, 5.41) is 21.8. The minimum absolute atomic E-state index is 0.161. The van der Waals surface area contributed by atoms with Gasteiger partial charge < -0.3 is 10.2 Å². The third kappa shape index (κ3) is 3.34. The Balaban J connectivity index is 1.54. The molecule has 2 N–H and O–H groups in total.